The highest BCUT2D eigenvalue weighted by molar-refractivity contribution is 5.94. The maximum absolute atomic E-state index is 12.7. The fraction of sp³-hybridized carbons (Fsp3) is 0.455. The van der Waals surface area contributed by atoms with Gasteiger partial charge in [0.05, 0.1) is 24.5 Å². The number of hydrogen-bond acceptors (Lipinski definition) is 5. The molecule has 1 aromatic heterocycles. The number of furan rings is 1. The van der Waals surface area contributed by atoms with Crippen molar-refractivity contribution in [1.82, 2.24) is 14.7 Å². The van der Waals surface area contributed by atoms with Crippen molar-refractivity contribution >= 4 is 11.8 Å². The van der Waals surface area contributed by atoms with Crippen molar-refractivity contribution in [3.05, 3.63) is 60.1 Å². The van der Waals surface area contributed by atoms with E-state index in [1.807, 2.05) is 40.1 Å². The van der Waals surface area contributed by atoms with Crippen molar-refractivity contribution < 1.29 is 18.7 Å². The number of ether oxygens (including phenoxy) is 1. The zero-order valence-corrected chi connectivity index (χ0v) is 16.5. The quantitative estimate of drug-likeness (QED) is 0.789. The molecule has 2 fully saturated rings. The van der Waals surface area contributed by atoms with Crippen LogP contribution in [0, 0.1) is 0 Å². The van der Waals surface area contributed by atoms with Crippen molar-refractivity contribution in [3.8, 4) is 0 Å². The van der Waals surface area contributed by atoms with Crippen molar-refractivity contribution in [2.24, 2.45) is 0 Å². The van der Waals surface area contributed by atoms with E-state index in [1.54, 1.807) is 6.07 Å². The maximum atomic E-state index is 12.7. The van der Waals surface area contributed by atoms with Crippen LogP contribution in [0.15, 0.2) is 53.3 Å². The lowest BCUT2D eigenvalue weighted by Gasteiger charge is -2.35. The van der Waals surface area contributed by atoms with Crippen molar-refractivity contribution in [3.63, 3.8) is 0 Å². The molecule has 7 nitrogen and oxygen atoms in total. The molecule has 0 radical (unpaired) electrons. The van der Waals surface area contributed by atoms with Gasteiger partial charge in [0.1, 0.15) is 6.26 Å². The summed E-state index contributed by atoms with van der Waals surface area (Å²) >= 11 is 0. The van der Waals surface area contributed by atoms with Gasteiger partial charge < -0.3 is 19.0 Å². The summed E-state index contributed by atoms with van der Waals surface area (Å²) in [4.78, 5) is 31.4. The van der Waals surface area contributed by atoms with Gasteiger partial charge in [-0.2, -0.15) is 0 Å². The average molecular weight is 397 g/mol. The number of nitrogens with zero attached hydrogens (tertiary/aromatic N) is 3. The SMILES string of the molecule is O=C(c1ccccc1)N1CCCN(C[C@H]2CN(C(=O)c3ccoc3)CCO2)CC1. The second-order valence-corrected chi connectivity index (χ2v) is 7.57. The summed E-state index contributed by atoms with van der Waals surface area (Å²) in [6, 6.07) is 11.1. The fourth-order valence-corrected chi connectivity index (χ4v) is 3.99. The summed E-state index contributed by atoms with van der Waals surface area (Å²) in [5.41, 5.74) is 1.32. The van der Waals surface area contributed by atoms with Crippen LogP contribution in [0.4, 0.5) is 0 Å². The third kappa shape index (κ3) is 4.86. The molecule has 2 saturated heterocycles. The van der Waals surface area contributed by atoms with Gasteiger partial charge in [-0.1, -0.05) is 18.2 Å². The smallest absolute Gasteiger partial charge is 0.257 e. The van der Waals surface area contributed by atoms with Gasteiger partial charge in [0.2, 0.25) is 0 Å². The van der Waals surface area contributed by atoms with E-state index in [4.69, 9.17) is 9.15 Å². The molecule has 0 N–H and O–H groups in total. The minimum atomic E-state index is -0.0176. The van der Waals surface area contributed by atoms with Crippen LogP contribution in [0.3, 0.4) is 0 Å². The van der Waals surface area contributed by atoms with Gasteiger partial charge in [-0.05, 0) is 31.2 Å². The van der Waals surface area contributed by atoms with E-state index >= 15 is 0 Å². The van der Waals surface area contributed by atoms with E-state index in [9.17, 15) is 9.59 Å². The lowest BCUT2D eigenvalue weighted by Crippen LogP contribution is -2.50. The predicted molar refractivity (Wildman–Crippen MR) is 108 cm³/mol. The number of benzene rings is 1. The summed E-state index contributed by atoms with van der Waals surface area (Å²) in [5.74, 6) is 0.0841. The summed E-state index contributed by atoms with van der Waals surface area (Å²) in [6.45, 7) is 5.69. The Morgan fingerprint density at radius 3 is 2.52 bits per heavy atom. The molecule has 2 aromatic rings. The first-order chi connectivity index (χ1) is 14.2. The molecule has 29 heavy (non-hydrogen) atoms. The van der Waals surface area contributed by atoms with E-state index in [0.717, 1.165) is 38.2 Å². The van der Waals surface area contributed by atoms with Crippen LogP contribution in [0.2, 0.25) is 0 Å². The van der Waals surface area contributed by atoms with E-state index < -0.39 is 0 Å². The third-order valence-corrected chi connectivity index (χ3v) is 5.55. The monoisotopic (exact) mass is 397 g/mol. The Balaban J connectivity index is 1.30. The first kappa shape index (κ1) is 19.7. The van der Waals surface area contributed by atoms with Gasteiger partial charge >= 0.3 is 0 Å². The number of carbonyl (C=O) groups excluding carboxylic acids is 2. The van der Waals surface area contributed by atoms with Crippen LogP contribution >= 0.6 is 0 Å². The molecule has 0 bridgehead atoms. The molecule has 0 spiro atoms. The molecular weight excluding hydrogens is 370 g/mol. The Labute approximate surface area is 170 Å². The maximum Gasteiger partial charge on any atom is 0.257 e. The number of hydrogen-bond donors (Lipinski definition) is 0. The number of rotatable bonds is 4. The summed E-state index contributed by atoms with van der Waals surface area (Å²) in [5, 5.41) is 0. The lowest BCUT2D eigenvalue weighted by atomic mass is 10.2. The highest BCUT2D eigenvalue weighted by Crippen LogP contribution is 2.14. The normalized spacial score (nSPS) is 21.0. The van der Waals surface area contributed by atoms with Gasteiger partial charge in [0.15, 0.2) is 0 Å². The molecule has 0 unspecified atom stereocenters. The van der Waals surface area contributed by atoms with Gasteiger partial charge in [0.25, 0.3) is 11.8 Å². The van der Waals surface area contributed by atoms with Crippen LogP contribution in [0.5, 0.6) is 0 Å². The highest BCUT2D eigenvalue weighted by Gasteiger charge is 2.28. The van der Waals surface area contributed by atoms with E-state index in [1.165, 1.54) is 12.5 Å². The minimum absolute atomic E-state index is 0.0115. The van der Waals surface area contributed by atoms with Gasteiger partial charge in [-0.15, -0.1) is 0 Å². The Morgan fingerprint density at radius 1 is 0.897 bits per heavy atom. The molecule has 2 aliphatic rings. The Morgan fingerprint density at radius 2 is 1.72 bits per heavy atom. The number of amides is 2. The van der Waals surface area contributed by atoms with E-state index in [-0.39, 0.29) is 17.9 Å². The molecule has 0 aliphatic carbocycles. The Hall–Kier alpha value is -2.64. The number of carbonyl (C=O) groups is 2. The second kappa shape index (κ2) is 9.24. The second-order valence-electron chi connectivity index (χ2n) is 7.57. The standard InChI is InChI=1S/C22H27N3O4/c26-21(18-5-2-1-3-6-18)24-9-4-8-23(10-11-24)15-20-16-25(12-14-29-20)22(27)19-7-13-28-17-19/h1-3,5-7,13,17,20H,4,8-12,14-16H2/t20-/m0/s1. The molecule has 2 aliphatic heterocycles. The van der Waals surface area contributed by atoms with Crippen molar-refractivity contribution in [1.29, 1.82) is 0 Å². The minimum Gasteiger partial charge on any atom is -0.472 e. The Kier molecular flexibility index (Phi) is 6.27. The van der Waals surface area contributed by atoms with Crippen molar-refractivity contribution in [2.75, 3.05) is 52.4 Å². The van der Waals surface area contributed by atoms with Crippen LogP contribution in [0.25, 0.3) is 0 Å². The van der Waals surface area contributed by atoms with Gasteiger partial charge in [0, 0.05) is 44.8 Å². The van der Waals surface area contributed by atoms with Crippen LogP contribution in [-0.2, 0) is 4.74 Å². The van der Waals surface area contributed by atoms with Crippen molar-refractivity contribution in [2.45, 2.75) is 12.5 Å². The highest BCUT2D eigenvalue weighted by atomic mass is 16.5. The molecule has 4 rings (SSSR count). The first-order valence-corrected chi connectivity index (χ1v) is 10.2. The summed E-state index contributed by atoms with van der Waals surface area (Å²) < 4.78 is 11.0. The summed E-state index contributed by atoms with van der Waals surface area (Å²) in [6.07, 6.45) is 3.92. The molecule has 154 valence electrons. The van der Waals surface area contributed by atoms with Crippen LogP contribution in [0.1, 0.15) is 27.1 Å². The zero-order valence-electron chi connectivity index (χ0n) is 16.5. The molecule has 2 amide bonds. The molecular formula is C22H27N3O4. The predicted octanol–water partition coefficient (Wildman–Crippen LogP) is 1.97. The molecule has 7 heteroatoms. The van der Waals surface area contributed by atoms with E-state index in [0.29, 0.717) is 31.8 Å². The molecule has 3 heterocycles. The first-order valence-electron chi connectivity index (χ1n) is 10.2. The van der Waals surface area contributed by atoms with Gasteiger partial charge in [-0.25, -0.2) is 0 Å². The fourth-order valence-electron chi connectivity index (χ4n) is 3.99. The molecule has 1 atom stereocenters. The number of morpholine rings is 1. The zero-order chi connectivity index (χ0) is 20.1. The Bertz CT molecular complexity index is 809. The average Bonchev–Trinajstić information content (AvgIpc) is 3.21. The van der Waals surface area contributed by atoms with E-state index in [2.05, 4.69) is 4.90 Å². The van der Waals surface area contributed by atoms with Gasteiger partial charge in [-0.3, -0.25) is 14.5 Å². The summed E-state index contributed by atoms with van der Waals surface area (Å²) in [7, 11) is 0. The van der Waals surface area contributed by atoms with Crippen LogP contribution < -0.4 is 0 Å². The third-order valence-electron chi connectivity index (χ3n) is 5.55. The largest absolute Gasteiger partial charge is 0.472 e. The lowest BCUT2D eigenvalue weighted by molar-refractivity contribution is -0.0353. The van der Waals surface area contributed by atoms with Crippen LogP contribution in [-0.4, -0.2) is 85.0 Å². The topological polar surface area (TPSA) is 66.2 Å². The molecule has 1 aromatic carbocycles. The molecule has 0 saturated carbocycles.